The van der Waals surface area contributed by atoms with Crippen LogP contribution in [0.15, 0.2) is 24.3 Å². The third-order valence-corrected chi connectivity index (χ3v) is 3.49. The van der Waals surface area contributed by atoms with Crippen molar-refractivity contribution in [1.82, 2.24) is 5.32 Å². The van der Waals surface area contributed by atoms with Crippen LogP contribution >= 0.6 is 0 Å². The van der Waals surface area contributed by atoms with Crippen LogP contribution in [0.3, 0.4) is 0 Å². The molecule has 2 N–H and O–H groups in total. The van der Waals surface area contributed by atoms with Gasteiger partial charge in [-0.1, -0.05) is 12.1 Å². The average molecular weight is 290 g/mol. The third kappa shape index (κ3) is 5.66. The Morgan fingerprint density at radius 3 is 2.71 bits per heavy atom. The zero-order valence-electron chi connectivity index (χ0n) is 13.4. The number of ether oxygens (including phenoxy) is 1. The van der Waals surface area contributed by atoms with Gasteiger partial charge < -0.3 is 15.4 Å². The van der Waals surface area contributed by atoms with Crippen LogP contribution in [-0.4, -0.2) is 17.7 Å². The van der Waals surface area contributed by atoms with Crippen molar-refractivity contribution in [2.24, 2.45) is 5.92 Å². The molecule has 0 radical (unpaired) electrons. The Balaban J connectivity index is 1.84. The van der Waals surface area contributed by atoms with Crippen LogP contribution in [0.2, 0.25) is 0 Å². The second-order valence-electron chi connectivity index (χ2n) is 6.83. The minimum atomic E-state index is -0.465. The van der Waals surface area contributed by atoms with E-state index in [-0.39, 0.29) is 6.09 Å². The molecular formula is C17H26N2O2. The first-order valence-corrected chi connectivity index (χ1v) is 7.66. The Hall–Kier alpha value is -1.71. The smallest absolute Gasteiger partial charge is 0.407 e. The highest BCUT2D eigenvalue weighted by Gasteiger charge is 2.27. The zero-order valence-corrected chi connectivity index (χ0v) is 13.4. The lowest BCUT2D eigenvalue weighted by molar-refractivity contribution is 0.0523. The number of alkyl carbamates (subject to hydrolysis) is 1. The molecule has 1 aromatic carbocycles. The van der Waals surface area contributed by atoms with E-state index in [0.29, 0.717) is 12.6 Å². The van der Waals surface area contributed by atoms with Gasteiger partial charge in [0.15, 0.2) is 0 Å². The van der Waals surface area contributed by atoms with E-state index >= 15 is 0 Å². The largest absolute Gasteiger partial charge is 0.444 e. The quantitative estimate of drug-likeness (QED) is 0.864. The second-order valence-corrected chi connectivity index (χ2v) is 6.83. The molecule has 1 saturated carbocycles. The number of rotatable bonds is 5. The first-order chi connectivity index (χ1) is 9.83. The van der Waals surface area contributed by atoms with Crippen LogP contribution in [0.4, 0.5) is 10.5 Å². The molecule has 1 fully saturated rings. The molecule has 0 bridgehead atoms. The minimum Gasteiger partial charge on any atom is -0.444 e. The van der Waals surface area contributed by atoms with Crippen LogP contribution in [0, 0.1) is 5.92 Å². The van der Waals surface area contributed by atoms with Crippen LogP contribution in [0.25, 0.3) is 0 Å². The average Bonchev–Trinajstić information content (AvgIpc) is 3.19. The van der Waals surface area contributed by atoms with E-state index in [4.69, 9.17) is 4.74 Å². The van der Waals surface area contributed by atoms with E-state index in [0.717, 1.165) is 17.2 Å². The number of nitrogens with one attached hydrogen (secondary N) is 2. The predicted molar refractivity (Wildman–Crippen MR) is 85.3 cm³/mol. The lowest BCUT2D eigenvalue weighted by Gasteiger charge is -2.20. The SMILES string of the molecule is CC(Nc1cccc(CNC(=O)OC(C)(C)C)c1)C1CC1. The van der Waals surface area contributed by atoms with Crippen molar-refractivity contribution in [2.75, 3.05) is 5.32 Å². The van der Waals surface area contributed by atoms with Crippen molar-refractivity contribution in [3.63, 3.8) is 0 Å². The van der Waals surface area contributed by atoms with Gasteiger partial charge in [-0.15, -0.1) is 0 Å². The summed E-state index contributed by atoms with van der Waals surface area (Å²) in [5.41, 5.74) is 1.71. The van der Waals surface area contributed by atoms with Gasteiger partial charge in [0.05, 0.1) is 0 Å². The van der Waals surface area contributed by atoms with Gasteiger partial charge >= 0.3 is 6.09 Å². The van der Waals surface area contributed by atoms with Crippen LogP contribution in [-0.2, 0) is 11.3 Å². The fourth-order valence-corrected chi connectivity index (χ4v) is 2.24. The van der Waals surface area contributed by atoms with Gasteiger partial charge in [0.2, 0.25) is 0 Å². The summed E-state index contributed by atoms with van der Waals surface area (Å²) in [7, 11) is 0. The summed E-state index contributed by atoms with van der Waals surface area (Å²) in [6.07, 6.45) is 2.27. The number of carbonyl (C=O) groups is 1. The van der Waals surface area contributed by atoms with Gasteiger partial charge in [0, 0.05) is 18.3 Å². The second kappa shape index (κ2) is 6.37. The van der Waals surface area contributed by atoms with Crippen molar-refractivity contribution >= 4 is 11.8 Å². The van der Waals surface area contributed by atoms with Crippen molar-refractivity contribution in [3.8, 4) is 0 Å². The molecule has 1 amide bonds. The highest BCUT2D eigenvalue weighted by Crippen LogP contribution is 2.33. The Morgan fingerprint density at radius 1 is 1.38 bits per heavy atom. The summed E-state index contributed by atoms with van der Waals surface area (Å²) < 4.78 is 5.23. The number of hydrogen-bond donors (Lipinski definition) is 2. The number of carbonyl (C=O) groups excluding carboxylic acids is 1. The maximum Gasteiger partial charge on any atom is 0.407 e. The van der Waals surface area contributed by atoms with Gasteiger partial charge in [-0.3, -0.25) is 0 Å². The molecule has 4 nitrogen and oxygen atoms in total. The molecule has 0 heterocycles. The van der Waals surface area contributed by atoms with E-state index in [2.05, 4.69) is 29.7 Å². The van der Waals surface area contributed by atoms with E-state index in [1.165, 1.54) is 12.8 Å². The summed E-state index contributed by atoms with van der Waals surface area (Å²) in [5.74, 6) is 0.813. The zero-order chi connectivity index (χ0) is 15.5. The van der Waals surface area contributed by atoms with Gasteiger partial charge in [-0.2, -0.15) is 0 Å². The first kappa shape index (κ1) is 15.7. The van der Waals surface area contributed by atoms with E-state index in [1.54, 1.807) is 0 Å². The molecule has 1 atom stereocenters. The monoisotopic (exact) mass is 290 g/mol. The van der Waals surface area contributed by atoms with Gasteiger partial charge in [0.25, 0.3) is 0 Å². The predicted octanol–water partition coefficient (Wildman–Crippen LogP) is 3.92. The van der Waals surface area contributed by atoms with Crippen LogP contribution in [0.5, 0.6) is 0 Å². The first-order valence-electron chi connectivity index (χ1n) is 7.66. The fraction of sp³-hybridized carbons (Fsp3) is 0.588. The summed E-state index contributed by atoms with van der Waals surface area (Å²) >= 11 is 0. The molecule has 1 aliphatic carbocycles. The molecule has 21 heavy (non-hydrogen) atoms. The summed E-state index contributed by atoms with van der Waals surface area (Å²) in [4.78, 5) is 11.6. The Labute approximate surface area is 127 Å². The molecule has 4 heteroatoms. The Morgan fingerprint density at radius 2 is 2.10 bits per heavy atom. The number of benzene rings is 1. The fourth-order valence-electron chi connectivity index (χ4n) is 2.24. The summed E-state index contributed by atoms with van der Waals surface area (Å²) in [6.45, 7) is 8.27. The van der Waals surface area contributed by atoms with E-state index in [1.807, 2.05) is 32.9 Å². The topological polar surface area (TPSA) is 50.4 Å². The molecule has 0 aromatic heterocycles. The lowest BCUT2D eigenvalue weighted by atomic mass is 10.1. The molecule has 1 unspecified atom stereocenters. The molecule has 1 aromatic rings. The standard InChI is InChI=1S/C17H26N2O2/c1-12(14-8-9-14)19-15-7-5-6-13(10-15)11-18-16(20)21-17(2,3)4/h5-7,10,12,14,19H,8-9,11H2,1-4H3,(H,18,20). The molecule has 1 aliphatic rings. The molecular weight excluding hydrogens is 264 g/mol. The van der Waals surface area contributed by atoms with Gasteiger partial charge in [0.1, 0.15) is 5.60 Å². The van der Waals surface area contributed by atoms with Gasteiger partial charge in [-0.25, -0.2) is 4.79 Å². The van der Waals surface area contributed by atoms with E-state index in [9.17, 15) is 4.79 Å². The molecule has 2 rings (SSSR count). The Bertz CT molecular complexity index is 490. The maximum absolute atomic E-state index is 11.6. The highest BCUT2D eigenvalue weighted by atomic mass is 16.6. The van der Waals surface area contributed by atoms with E-state index < -0.39 is 5.60 Å². The summed E-state index contributed by atoms with van der Waals surface area (Å²) in [6, 6.07) is 8.67. The number of hydrogen-bond acceptors (Lipinski definition) is 3. The van der Waals surface area contributed by atoms with Gasteiger partial charge in [-0.05, 0) is 64.2 Å². The minimum absolute atomic E-state index is 0.382. The normalized spacial score (nSPS) is 16.2. The van der Waals surface area contributed by atoms with Crippen LogP contribution < -0.4 is 10.6 Å². The molecule has 0 spiro atoms. The third-order valence-electron chi connectivity index (χ3n) is 3.49. The number of amides is 1. The molecule has 0 saturated heterocycles. The van der Waals surface area contributed by atoms with Crippen molar-refractivity contribution in [1.29, 1.82) is 0 Å². The maximum atomic E-state index is 11.6. The Kier molecular flexibility index (Phi) is 4.76. The van der Waals surface area contributed by atoms with Crippen molar-refractivity contribution < 1.29 is 9.53 Å². The molecule has 116 valence electrons. The highest BCUT2D eigenvalue weighted by molar-refractivity contribution is 5.67. The molecule has 0 aliphatic heterocycles. The summed E-state index contributed by atoms with van der Waals surface area (Å²) in [5, 5.41) is 6.31. The number of anilines is 1. The van der Waals surface area contributed by atoms with Crippen molar-refractivity contribution in [3.05, 3.63) is 29.8 Å². The van der Waals surface area contributed by atoms with Crippen LogP contribution in [0.1, 0.15) is 46.1 Å². The van der Waals surface area contributed by atoms with Crippen molar-refractivity contribution in [2.45, 2.75) is 58.7 Å². The lowest BCUT2D eigenvalue weighted by Crippen LogP contribution is -2.32.